The second-order valence-electron chi connectivity index (χ2n) is 4.87. The molecule has 0 spiro atoms. The maximum atomic E-state index is 12.9. The first-order chi connectivity index (χ1) is 11.0. The molecule has 6 heteroatoms. The van der Waals surface area contributed by atoms with Gasteiger partial charge in [-0.1, -0.05) is 0 Å². The van der Waals surface area contributed by atoms with Crippen LogP contribution in [0.5, 0.6) is 0 Å². The molecule has 5 nitrogen and oxygen atoms in total. The number of pyridine rings is 1. The third-order valence-electron chi connectivity index (χ3n) is 3.39. The number of amides is 2. The van der Waals surface area contributed by atoms with Gasteiger partial charge in [-0.15, -0.1) is 0 Å². The molecule has 0 radical (unpaired) electrons. The van der Waals surface area contributed by atoms with Gasteiger partial charge in [0.05, 0.1) is 0 Å². The number of nitrogens with zero attached hydrogens (tertiary/aromatic N) is 2. The molecular formula is C17H18FN3O2. The van der Waals surface area contributed by atoms with Crippen LogP contribution >= 0.6 is 0 Å². The van der Waals surface area contributed by atoms with Gasteiger partial charge in [-0.3, -0.25) is 14.6 Å². The van der Waals surface area contributed by atoms with E-state index >= 15 is 0 Å². The number of anilines is 1. The average molecular weight is 315 g/mol. The molecule has 1 N–H and O–H groups in total. The molecule has 2 amide bonds. The Kier molecular flexibility index (Phi) is 5.41. The van der Waals surface area contributed by atoms with Crippen LogP contribution in [0.2, 0.25) is 0 Å². The Bertz CT molecular complexity index is 697. The van der Waals surface area contributed by atoms with Crippen molar-refractivity contribution < 1.29 is 14.0 Å². The fourth-order valence-electron chi connectivity index (χ4n) is 2.10. The summed E-state index contributed by atoms with van der Waals surface area (Å²) in [5, 5.41) is 2.65. The molecule has 2 rings (SSSR count). The van der Waals surface area contributed by atoms with Gasteiger partial charge in [0, 0.05) is 30.5 Å². The van der Waals surface area contributed by atoms with E-state index in [-0.39, 0.29) is 23.3 Å². The van der Waals surface area contributed by atoms with Crippen LogP contribution in [-0.4, -0.2) is 34.8 Å². The monoisotopic (exact) mass is 315 g/mol. The van der Waals surface area contributed by atoms with Crippen molar-refractivity contribution in [3.05, 3.63) is 59.7 Å². The van der Waals surface area contributed by atoms with Crippen LogP contribution in [-0.2, 0) is 0 Å². The highest BCUT2D eigenvalue weighted by atomic mass is 19.1. The highest BCUT2D eigenvalue weighted by Gasteiger charge is 2.16. The van der Waals surface area contributed by atoms with E-state index in [1.807, 2.05) is 13.8 Å². The molecule has 120 valence electrons. The summed E-state index contributed by atoms with van der Waals surface area (Å²) < 4.78 is 12.9. The van der Waals surface area contributed by atoms with Crippen molar-refractivity contribution in [3.63, 3.8) is 0 Å². The molecule has 23 heavy (non-hydrogen) atoms. The van der Waals surface area contributed by atoms with Gasteiger partial charge in [0.25, 0.3) is 11.8 Å². The lowest BCUT2D eigenvalue weighted by Crippen LogP contribution is -2.31. The molecule has 0 saturated heterocycles. The standard InChI is InChI=1S/C17H18FN3O2/c1-3-21(4-2)17(23)15-11-12(9-10-19-15)16(22)20-14-7-5-13(18)6-8-14/h5-11H,3-4H2,1-2H3,(H,20,22). The predicted octanol–water partition coefficient (Wildman–Crippen LogP) is 2.96. The number of hydrogen-bond acceptors (Lipinski definition) is 3. The molecule has 1 aromatic carbocycles. The Balaban J connectivity index is 2.17. The number of halogens is 1. The van der Waals surface area contributed by atoms with E-state index in [9.17, 15) is 14.0 Å². The van der Waals surface area contributed by atoms with Crippen molar-refractivity contribution in [3.8, 4) is 0 Å². The SMILES string of the molecule is CCN(CC)C(=O)c1cc(C(=O)Nc2ccc(F)cc2)ccn1. The summed E-state index contributed by atoms with van der Waals surface area (Å²) in [5.41, 5.74) is 1.02. The molecule has 0 saturated carbocycles. The van der Waals surface area contributed by atoms with E-state index in [4.69, 9.17) is 0 Å². The molecule has 0 aliphatic rings. The smallest absolute Gasteiger partial charge is 0.272 e. The summed E-state index contributed by atoms with van der Waals surface area (Å²) in [6, 6.07) is 8.44. The largest absolute Gasteiger partial charge is 0.338 e. The van der Waals surface area contributed by atoms with Gasteiger partial charge in [-0.2, -0.15) is 0 Å². The van der Waals surface area contributed by atoms with Crippen LogP contribution in [0.3, 0.4) is 0 Å². The molecule has 1 heterocycles. The summed E-state index contributed by atoms with van der Waals surface area (Å²) in [6.07, 6.45) is 1.43. The molecule has 0 bridgehead atoms. The highest BCUT2D eigenvalue weighted by molar-refractivity contribution is 6.05. The van der Waals surface area contributed by atoms with E-state index in [0.29, 0.717) is 24.3 Å². The number of hydrogen-bond donors (Lipinski definition) is 1. The molecule has 0 unspecified atom stereocenters. The minimum absolute atomic E-state index is 0.216. The van der Waals surface area contributed by atoms with Gasteiger partial charge >= 0.3 is 0 Å². The maximum Gasteiger partial charge on any atom is 0.272 e. The molecular weight excluding hydrogens is 297 g/mol. The van der Waals surface area contributed by atoms with Crippen molar-refractivity contribution >= 4 is 17.5 Å². The number of benzene rings is 1. The van der Waals surface area contributed by atoms with E-state index in [1.165, 1.54) is 42.6 Å². The lowest BCUT2D eigenvalue weighted by Gasteiger charge is -2.18. The van der Waals surface area contributed by atoms with Crippen LogP contribution in [0.15, 0.2) is 42.6 Å². The van der Waals surface area contributed by atoms with Crippen molar-refractivity contribution in [1.29, 1.82) is 0 Å². The van der Waals surface area contributed by atoms with Crippen LogP contribution in [0.4, 0.5) is 10.1 Å². The molecule has 1 aromatic heterocycles. The van der Waals surface area contributed by atoms with E-state index in [1.54, 1.807) is 4.90 Å². The number of carbonyl (C=O) groups is 2. The van der Waals surface area contributed by atoms with Crippen LogP contribution in [0.25, 0.3) is 0 Å². The second kappa shape index (κ2) is 7.49. The third kappa shape index (κ3) is 4.12. The first kappa shape index (κ1) is 16.6. The number of carbonyl (C=O) groups excluding carboxylic acids is 2. The second-order valence-corrected chi connectivity index (χ2v) is 4.87. The Morgan fingerprint density at radius 2 is 1.78 bits per heavy atom. The lowest BCUT2D eigenvalue weighted by atomic mass is 10.2. The van der Waals surface area contributed by atoms with Crippen molar-refractivity contribution in [2.45, 2.75) is 13.8 Å². The van der Waals surface area contributed by atoms with Gasteiger partial charge in [0.2, 0.25) is 0 Å². The zero-order valence-electron chi connectivity index (χ0n) is 13.0. The first-order valence-electron chi connectivity index (χ1n) is 7.37. The quantitative estimate of drug-likeness (QED) is 0.922. The lowest BCUT2D eigenvalue weighted by molar-refractivity contribution is 0.0767. The maximum absolute atomic E-state index is 12.9. The zero-order chi connectivity index (χ0) is 16.8. The Labute approximate surface area is 134 Å². The first-order valence-corrected chi connectivity index (χ1v) is 7.37. The van der Waals surface area contributed by atoms with Gasteiger partial charge in [-0.05, 0) is 50.2 Å². The molecule has 2 aromatic rings. The summed E-state index contributed by atoms with van der Waals surface area (Å²) in [6.45, 7) is 4.91. The van der Waals surface area contributed by atoms with Gasteiger partial charge in [0.1, 0.15) is 11.5 Å². The molecule has 0 aliphatic carbocycles. The number of rotatable bonds is 5. The summed E-state index contributed by atoms with van der Waals surface area (Å²) >= 11 is 0. The Hall–Kier alpha value is -2.76. The molecule has 0 fully saturated rings. The average Bonchev–Trinajstić information content (AvgIpc) is 2.58. The van der Waals surface area contributed by atoms with Gasteiger partial charge in [0.15, 0.2) is 0 Å². The zero-order valence-corrected chi connectivity index (χ0v) is 13.0. The fourth-order valence-corrected chi connectivity index (χ4v) is 2.10. The summed E-state index contributed by atoms with van der Waals surface area (Å²) in [5.74, 6) is -0.974. The molecule has 0 aliphatic heterocycles. The third-order valence-corrected chi connectivity index (χ3v) is 3.39. The topological polar surface area (TPSA) is 62.3 Å². The Morgan fingerprint density at radius 3 is 2.39 bits per heavy atom. The highest BCUT2D eigenvalue weighted by Crippen LogP contribution is 2.12. The van der Waals surface area contributed by atoms with Gasteiger partial charge < -0.3 is 10.2 Å². The fraction of sp³-hybridized carbons (Fsp3) is 0.235. The van der Waals surface area contributed by atoms with Crippen LogP contribution < -0.4 is 5.32 Å². The molecule has 0 atom stereocenters. The minimum atomic E-state index is -0.382. The van der Waals surface area contributed by atoms with E-state index < -0.39 is 0 Å². The van der Waals surface area contributed by atoms with Crippen LogP contribution in [0, 0.1) is 5.82 Å². The minimum Gasteiger partial charge on any atom is -0.338 e. The van der Waals surface area contributed by atoms with E-state index in [0.717, 1.165) is 0 Å². The van der Waals surface area contributed by atoms with Crippen LogP contribution in [0.1, 0.15) is 34.7 Å². The van der Waals surface area contributed by atoms with Crippen molar-refractivity contribution in [1.82, 2.24) is 9.88 Å². The predicted molar refractivity (Wildman–Crippen MR) is 85.8 cm³/mol. The van der Waals surface area contributed by atoms with Crippen molar-refractivity contribution in [2.24, 2.45) is 0 Å². The number of nitrogens with one attached hydrogen (secondary N) is 1. The Morgan fingerprint density at radius 1 is 1.13 bits per heavy atom. The van der Waals surface area contributed by atoms with E-state index in [2.05, 4.69) is 10.3 Å². The van der Waals surface area contributed by atoms with Gasteiger partial charge in [-0.25, -0.2) is 4.39 Å². The van der Waals surface area contributed by atoms with Crippen molar-refractivity contribution in [2.75, 3.05) is 18.4 Å². The normalized spacial score (nSPS) is 10.2. The summed E-state index contributed by atoms with van der Waals surface area (Å²) in [4.78, 5) is 30.2. The summed E-state index contributed by atoms with van der Waals surface area (Å²) in [7, 11) is 0. The number of aromatic nitrogens is 1.